The summed E-state index contributed by atoms with van der Waals surface area (Å²) in [4.78, 5) is 26.0. The zero-order chi connectivity index (χ0) is 27.0. The monoisotopic (exact) mass is 543 g/mol. The smallest absolute Gasteiger partial charge is 0.269 e. The zero-order valence-electron chi connectivity index (χ0n) is 22.5. The van der Waals surface area contributed by atoms with E-state index in [1.165, 1.54) is 0 Å². The summed E-state index contributed by atoms with van der Waals surface area (Å²) in [7, 11) is -3.34. The Morgan fingerprint density at radius 3 is 2.53 bits per heavy atom. The molecule has 1 amide bonds. The SMILES string of the molecule is CCn1nc(CCCCC(=O)c2ccc(S(=O)(=O)C3CCCCC3)cc2)c2c1C(=O)NCCCOCCC2. The van der Waals surface area contributed by atoms with Gasteiger partial charge in [0.25, 0.3) is 5.91 Å². The lowest BCUT2D eigenvalue weighted by molar-refractivity contribution is 0.0932. The number of sulfone groups is 1. The second-order valence-electron chi connectivity index (χ2n) is 10.4. The first kappa shape index (κ1) is 28.5. The molecule has 0 spiro atoms. The fourth-order valence-electron chi connectivity index (χ4n) is 5.53. The number of aromatic nitrogens is 2. The number of rotatable bonds is 9. The number of benzene rings is 1. The highest BCUT2D eigenvalue weighted by molar-refractivity contribution is 7.92. The van der Waals surface area contributed by atoms with E-state index in [2.05, 4.69) is 5.32 Å². The van der Waals surface area contributed by atoms with E-state index in [-0.39, 0.29) is 16.9 Å². The largest absolute Gasteiger partial charge is 0.381 e. The Hall–Kier alpha value is -2.52. The normalized spacial score (nSPS) is 17.9. The molecule has 0 radical (unpaired) electrons. The molecule has 1 aliphatic heterocycles. The van der Waals surface area contributed by atoms with Crippen LogP contribution in [-0.2, 0) is 34.0 Å². The van der Waals surface area contributed by atoms with Gasteiger partial charge >= 0.3 is 0 Å². The van der Waals surface area contributed by atoms with Crippen molar-refractivity contribution in [3.63, 3.8) is 0 Å². The summed E-state index contributed by atoms with van der Waals surface area (Å²) in [5, 5.41) is 7.44. The van der Waals surface area contributed by atoms with Gasteiger partial charge in [0.15, 0.2) is 15.6 Å². The molecule has 1 fully saturated rings. The second kappa shape index (κ2) is 13.5. The molecule has 0 saturated heterocycles. The Balaban J connectivity index is 1.34. The van der Waals surface area contributed by atoms with Gasteiger partial charge < -0.3 is 10.1 Å². The van der Waals surface area contributed by atoms with Crippen LogP contribution in [0.3, 0.4) is 0 Å². The molecule has 1 saturated carbocycles. The molecule has 208 valence electrons. The van der Waals surface area contributed by atoms with Crippen LogP contribution in [0.4, 0.5) is 0 Å². The minimum Gasteiger partial charge on any atom is -0.381 e. The van der Waals surface area contributed by atoms with Crippen LogP contribution in [0, 0.1) is 0 Å². The van der Waals surface area contributed by atoms with Crippen molar-refractivity contribution in [1.29, 1.82) is 0 Å². The van der Waals surface area contributed by atoms with E-state index in [9.17, 15) is 18.0 Å². The Morgan fingerprint density at radius 2 is 1.79 bits per heavy atom. The number of ketones is 1. The molecular formula is C29H41N3O5S. The topological polar surface area (TPSA) is 107 Å². The third kappa shape index (κ3) is 6.91. The highest BCUT2D eigenvalue weighted by Gasteiger charge is 2.29. The van der Waals surface area contributed by atoms with Gasteiger partial charge in [0.1, 0.15) is 5.69 Å². The first-order chi connectivity index (χ1) is 18.4. The standard InChI is InChI=1S/C29H41N3O5S/c1-2-32-28-25(12-8-20-37-21-9-19-30-29(28)34)26(31-32)13-6-7-14-27(33)22-15-17-24(18-16-22)38(35,36)23-10-4-3-5-11-23/h15-18,23H,2-14,19-21H2,1H3,(H,30,34). The van der Waals surface area contributed by atoms with E-state index >= 15 is 0 Å². The number of Topliss-reactive ketones (excluding diaryl/α,β-unsaturated/α-hetero) is 1. The van der Waals surface area contributed by atoms with Crippen LogP contribution >= 0.6 is 0 Å². The van der Waals surface area contributed by atoms with Crippen LogP contribution in [0.15, 0.2) is 29.2 Å². The molecule has 0 atom stereocenters. The third-order valence-electron chi connectivity index (χ3n) is 7.68. The van der Waals surface area contributed by atoms with Crippen molar-refractivity contribution in [2.24, 2.45) is 0 Å². The highest BCUT2D eigenvalue weighted by atomic mass is 32.2. The lowest BCUT2D eigenvalue weighted by atomic mass is 10.0. The zero-order valence-corrected chi connectivity index (χ0v) is 23.4. The van der Waals surface area contributed by atoms with E-state index in [1.54, 1.807) is 28.9 Å². The van der Waals surface area contributed by atoms with Crippen LogP contribution in [0.5, 0.6) is 0 Å². The Labute approximate surface area is 226 Å². The average Bonchev–Trinajstić information content (AvgIpc) is 3.28. The molecule has 1 aromatic carbocycles. The summed E-state index contributed by atoms with van der Waals surface area (Å²) in [6.45, 7) is 4.51. The van der Waals surface area contributed by atoms with E-state index in [1.807, 2.05) is 6.92 Å². The summed E-state index contributed by atoms with van der Waals surface area (Å²) >= 11 is 0. The number of aryl methyl sites for hydroxylation is 2. The first-order valence-corrected chi connectivity index (χ1v) is 15.8. The molecule has 8 nitrogen and oxygen atoms in total. The van der Waals surface area contributed by atoms with Crippen molar-refractivity contribution in [2.45, 2.75) is 101 Å². The van der Waals surface area contributed by atoms with E-state index < -0.39 is 9.84 Å². The minimum absolute atomic E-state index is 0.0153. The summed E-state index contributed by atoms with van der Waals surface area (Å²) in [6, 6.07) is 6.49. The predicted octanol–water partition coefficient (Wildman–Crippen LogP) is 4.69. The molecule has 2 aliphatic rings. The average molecular weight is 544 g/mol. The van der Waals surface area contributed by atoms with Crippen LogP contribution in [-0.4, -0.2) is 54.9 Å². The highest BCUT2D eigenvalue weighted by Crippen LogP contribution is 2.29. The molecule has 9 heteroatoms. The molecule has 2 aromatic rings. The maximum atomic E-state index is 12.9. The molecule has 0 unspecified atom stereocenters. The van der Waals surface area contributed by atoms with Gasteiger partial charge in [-0.3, -0.25) is 14.3 Å². The number of ether oxygens (including phenoxy) is 1. The van der Waals surface area contributed by atoms with Gasteiger partial charge in [-0.2, -0.15) is 5.10 Å². The number of carbonyl (C=O) groups excluding carboxylic acids is 2. The molecule has 38 heavy (non-hydrogen) atoms. The van der Waals surface area contributed by atoms with Gasteiger partial charge in [-0.05, 0) is 70.4 Å². The lowest BCUT2D eigenvalue weighted by Crippen LogP contribution is -2.28. The van der Waals surface area contributed by atoms with E-state index in [0.717, 1.165) is 69.0 Å². The Bertz CT molecular complexity index is 1200. The van der Waals surface area contributed by atoms with Gasteiger partial charge in [-0.15, -0.1) is 0 Å². The number of nitrogens with one attached hydrogen (secondary N) is 1. The summed E-state index contributed by atoms with van der Waals surface area (Å²) < 4.78 is 33.3. The predicted molar refractivity (Wildman–Crippen MR) is 146 cm³/mol. The first-order valence-electron chi connectivity index (χ1n) is 14.2. The van der Waals surface area contributed by atoms with Crippen molar-refractivity contribution >= 4 is 21.5 Å². The molecular weight excluding hydrogens is 502 g/mol. The van der Waals surface area contributed by atoms with Gasteiger partial charge in [0.2, 0.25) is 0 Å². The van der Waals surface area contributed by atoms with Crippen LogP contribution < -0.4 is 5.32 Å². The molecule has 4 rings (SSSR count). The van der Waals surface area contributed by atoms with Crippen LogP contribution in [0.1, 0.15) is 103 Å². The van der Waals surface area contributed by atoms with Crippen molar-refractivity contribution in [3.8, 4) is 0 Å². The van der Waals surface area contributed by atoms with Gasteiger partial charge in [0, 0.05) is 43.9 Å². The molecule has 2 heterocycles. The molecule has 0 bridgehead atoms. The van der Waals surface area contributed by atoms with Crippen LogP contribution in [0.25, 0.3) is 0 Å². The summed E-state index contributed by atoms with van der Waals surface area (Å²) in [6.07, 6.45) is 9.43. The fraction of sp³-hybridized carbons (Fsp3) is 0.621. The summed E-state index contributed by atoms with van der Waals surface area (Å²) in [5.74, 6) is -0.0619. The quantitative estimate of drug-likeness (QED) is 0.363. The Morgan fingerprint density at radius 1 is 1.05 bits per heavy atom. The van der Waals surface area contributed by atoms with Crippen LogP contribution in [0.2, 0.25) is 0 Å². The van der Waals surface area contributed by atoms with Crippen molar-refractivity contribution in [2.75, 3.05) is 19.8 Å². The molecule has 1 aliphatic carbocycles. The van der Waals surface area contributed by atoms with Gasteiger partial charge in [-0.1, -0.05) is 31.4 Å². The number of unbranched alkanes of at least 4 members (excludes halogenated alkanes) is 1. The van der Waals surface area contributed by atoms with Crippen molar-refractivity contribution < 1.29 is 22.7 Å². The fourth-order valence-corrected chi connectivity index (χ4v) is 7.38. The number of hydrogen-bond donors (Lipinski definition) is 1. The minimum atomic E-state index is -3.34. The lowest BCUT2D eigenvalue weighted by Gasteiger charge is -2.21. The number of nitrogens with zero attached hydrogens (tertiary/aromatic N) is 2. The number of fused-ring (bicyclic) bond motifs is 1. The van der Waals surface area contributed by atoms with Gasteiger partial charge in [0.05, 0.1) is 15.8 Å². The second-order valence-corrected chi connectivity index (χ2v) is 12.6. The number of carbonyl (C=O) groups is 2. The maximum Gasteiger partial charge on any atom is 0.269 e. The Kier molecular flexibility index (Phi) is 10.1. The van der Waals surface area contributed by atoms with E-state index in [0.29, 0.717) is 61.7 Å². The third-order valence-corrected chi connectivity index (χ3v) is 9.96. The molecule has 1 aromatic heterocycles. The number of amides is 1. The number of hydrogen-bond acceptors (Lipinski definition) is 6. The molecule has 1 N–H and O–H groups in total. The van der Waals surface area contributed by atoms with Crippen molar-refractivity contribution in [3.05, 3.63) is 46.8 Å². The van der Waals surface area contributed by atoms with E-state index in [4.69, 9.17) is 9.84 Å². The van der Waals surface area contributed by atoms with Gasteiger partial charge in [-0.25, -0.2) is 8.42 Å². The van der Waals surface area contributed by atoms with Crippen molar-refractivity contribution in [1.82, 2.24) is 15.1 Å². The summed E-state index contributed by atoms with van der Waals surface area (Å²) in [5.41, 5.74) is 3.13. The maximum absolute atomic E-state index is 12.9.